The number of aliphatic hydroxyl groups is 1. The zero-order valence-electron chi connectivity index (χ0n) is 11.9. The van der Waals surface area contributed by atoms with Crippen LogP contribution in [0.4, 0.5) is 11.8 Å². The molecule has 2 unspecified atom stereocenters. The van der Waals surface area contributed by atoms with Gasteiger partial charge in [0.2, 0.25) is 5.95 Å². The van der Waals surface area contributed by atoms with E-state index in [1.807, 2.05) is 0 Å². The van der Waals surface area contributed by atoms with Gasteiger partial charge in [-0.25, -0.2) is 4.98 Å². The minimum atomic E-state index is 0.292. The van der Waals surface area contributed by atoms with Crippen LogP contribution in [0, 0.1) is 11.8 Å². The molecule has 2 atom stereocenters. The Morgan fingerprint density at radius 2 is 2.15 bits per heavy atom. The summed E-state index contributed by atoms with van der Waals surface area (Å²) in [5.41, 5.74) is 0. The van der Waals surface area contributed by atoms with Crippen molar-refractivity contribution < 1.29 is 5.11 Å². The lowest BCUT2D eigenvalue weighted by Crippen LogP contribution is -2.21. The molecule has 0 radical (unpaired) electrons. The normalized spacial score (nSPS) is 21.9. The van der Waals surface area contributed by atoms with Crippen molar-refractivity contribution >= 4 is 27.7 Å². The second-order valence-electron chi connectivity index (χ2n) is 5.33. The maximum atomic E-state index is 9.36. The molecule has 2 rings (SSSR count). The number of nitrogens with one attached hydrogen (secondary N) is 2. The van der Waals surface area contributed by atoms with Crippen LogP contribution in [0.25, 0.3) is 0 Å². The Hall–Kier alpha value is -0.880. The molecule has 1 aliphatic rings. The number of aliphatic hydroxyl groups excluding tert-OH is 1. The van der Waals surface area contributed by atoms with Crippen LogP contribution in [0.1, 0.15) is 32.6 Å². The highest BCUT2D eigenvalue weighted by Gasteiger charge is 2.26. The molecule has 1 heterocycles. The van der Waals surface area contributed by atoms with Crippen molar-refractivity contribution in [3.8, 4) is 0 Å². The summed E-state index contributed by atoms with van der Waals surface area (Å²) < 4.78 is 0.873. The van der Waals surface area contributed by atoms with Crippen LogP contribution >= 0.6 is 15.9 Å². The Balaban J connectivity index is 1.94. The topological polar surface area (TPSA) is 70.1 Å². The van der Waals surface area contributed by atoms with Gasteiger partial charge in [0.05, 0.1) is 4.47 Å². The fourth-order valence-electron chi connectivity index (χ4n) is 2.66. The molecule has 1 saturated carbocycles. The van der Waals surface area contributed by atoms with E-state index in [1.165, 1.54) is 12.8 Å². The molecule has 0 bridgehead atoms. The van der Waals surface area contributed by atoms with Gasteiger partial charge in [-0.05, 0) is 47.0 Å². The van der Waals surface area contributed by atoms with Crippen LogP contribution < -0.4 is 10.6 Å². The summed E-state index contributed by atoms with van der Waals surface area (Å²) in [6, 6.07) is 0. The van der Waals surface area contributed by atoms with E-state index in [1.54, 1.807) is 6.20 Å². The number of halogens is 1. The second kappa shape index (κ2) is 7.78. The average molecular weight is 343 g/mol. The average Bonchev–Trinajstić information content (AvgIpc) is 2.92. The molecule has 1 aliphatic carbocycles. The first-order valence-corrected chi connectivity index (χ1v) is 8.15. The van der Waals surface area contributed by atoms with Crippen molar-refractivity contribution in [2.45, 2.75) is 32.6 Å². The molecule has 0 saturated heterocycles. The van der Waals surface area contributed by atoms with Crippen LogP contribution in [0.2, 0.25) is 0 Å². The van der Waals surface area contributed by atoms with E-state index in [2.05, 4.69) is 43.5 Å². The van der Waals surface area contributed by atoms with Gasteiger partial charge >= 0.3 is 0 Å². The van der Waals surface area contributed by atoms with Crippen LogP contribution in [-0.2, 0) is 0 Å². The standard InChI is InChI=1S/C14H23BrN4O/c1-2-6-16-14-18-8-12(15)13(19-14)17-7-10-4-3-5-11(10)9-20/h8,10-11,20H,2-7,9H2,1H3,(H2,16,17,18,19). The van der Waals surface area contributed by atoms with Crippen LogP contribution in [0.5, 0.6) is 0 Å². The zero-order valence-corrected chi connectivity index (χ0v) is 13.5. The SMILES string of the molecule is CCCNc1ncc(Br)c(NCC2CCCC2CO)n1. The number of nitrogens with zero attached hydrogens (tertiary/aromatic N) is 2. The van der Waals surface area contributed by atoms with Gasteiger partial charge in [0.1, 0.15) is 5.82 Å². The molecule has 20 heavy (non-hydrogen) atoms. The van der Waals surface area contributed by atoms with Crippen molar-refractivity contribution in [1.82, 2.24) is 9.97 Å². The number of hydrogen-bond acceptors (Lipinski definition) is 5. The third-order valence-electron chi connectivity index (χ3n) is 3.86. The maximum Gasteiger partial charge on any atom is 0.224 e. The molecule has 5 nitrogen and oxygen atoms in total. The molecule has 0 aliphatic heterocycles. The zero-order chi connectivity index (χ0) is 14.4. The molecule has 1 aromatic rings. The van der Waals surface area contributed by atoms with Crippen LogP contribution in [0.3, 0.4) is 0 Å². The van der Waals surface area contributed by atoms with Crippen LogP contribution in [0.15, 0.2) is 10.7 Å². The highest BCUT2D eigenvalue weighted by atomic mass is 79.9. The van der Waals surface area contributed by atoms with E-state index in [4.69, 9.17) is 0 Å². The summed E-state index contributed by atoms with van der Waals surface area (Å²) in [4.78, 5) is 8.72. The highest BCUT2D eigenvalue weighted by molar-refractivity contribution is 9.10. The minimum absolute atomic E-state index is 0.292. The summed E-state index contributed by atoms with van der Waals surface area (Å²) in [5.74, 6) is 2.44. The molecular formula is C14H23BrN4O. The van der Waals surface area contributed by atoms with Crippen molar-refractivity contribution in [3.63, 3.8) is 0 Å². The molecule has 1 fully saturated rings. The van der Waals surface area contributed by atoms with Gasteiger partial charge in [-0.1, -0.05) is 13.3 Å². The van der Waals surface area contributed by atoms with Gasteiger partial charge in [0.25, 0.3) is 0 Å². The van der Waals surface area contributed by atoms with Crippen LogP contribution in [-0.4, -0.2) is 34.8 Å². The maximum absolute atomic E-state index is 9.36. The molecule has 0 aromatic carbocycles. The predicted octanol–water partition coefficient (Wildman–Crippen LogP) is 2.88. The fraction of sp³-hybridized carbons (Fsp3) is 0.714. The first kappa shape index (κ1) is 15.5. The number of hydrogen-bond donors (Lipinski definition) is 3. The summed E-state index contributed by atoms with van der Waals surface area (Å²) in [6.45, 7) is 4.13. The van der Waals surface area contributed by atoms with Crippen molar-refractivity contribution in [1.29, 1.82) is 0 Å². The molecule has 6 heteroatoms. The second-order valence-corrected chi connectivity index (χ2v) is 6.19. The molecular weight excluding hydrogens is 320 g/mol. The van der Waals surface area contributed by atoms with Gasteiger partial charge in [0.15, 0.2) is 0 Å². The third-order valence-corrected chi connectivity index (χ3v) is 4.44. The Bertz CT molecular complexity index is 430. The van der Waals surface area contributed by atoms with E-state index < -0.39 is 0 Å². The van der Waals surface area contributed by atoms with E-state index in [0.717, 1.165) is 36.2 Å². The first-order chi connectivity index (χ1) is 9.74. The van der Waals surface area contributed by atoms with Crippen molar-refractivity contribution in [3.05, 3.63) is 10.7 Å². The lowest BCUT2D eigenvalue weighted by molar-refractivity contribution is 0.199. The number of aromatic nitrogens is 2. The van der Waals surface area contributed by atoms with Gasteiger partial charge < -0.3 is 15.7 Å². The third kappa shape index (κ3) is 4.06. The number of anilines is 2. The summed E-state index contributed by atoms with van der Waals surface area (Å²) in [6.07, 6.45) is 6.35. The summed E-state index contributed by atoms with van der Waals surface area (Å²) >= 11 is 3.48. The largest absolute Gasteiger partial charge is 0.396 e. The quantitative estimate of drug-likeness (QED) is 0.710. The lowest BCUT2D eigenvalue weighted by Gasteiger charge is -2.18. The minimum Gasteiger partial charge on any atom is -0.396 e. The van der Waals surface area contributed by atoms with E-state index in [0.29, 0.717) is 24.4 Å². The first-order valence-electron chi connectivity index (χ1n) is 7.35. The molecule has 1 aromatic heterocycles. The Kier molecular flexibility index (Phi) is 6.04. The molecule has 3 N–H and O–H groups in total. The van der Waals surface area contributed by atoms with Crippen molar-refractivity contribution in [2.24, 2.45) is 11.8 Å². The Morgan fingerprint density at radius 1 is 1.35 bits per heavy atom. The molecule has 112 valence electrons. The van der Waals surface area contributed by atoms with E-state index >= 15 is 0 Å². The van der Waals surface area contributed by atoms with Gasteiger partial charge in [-0.3, -0.25) is 0 Å². The van der Waals surface area contributed by atoms with Gasteiger partial charge in [-0.2, -0.15) is 4.98 Å². The van der Waals surface area contributed by atoms with Gasteiger partial charge in [-0.15, -0.1) is 0 Å². The fourth-order valence-corrected chi connectivity index (χ4v) is 2.99. The Morgan fingerprint density at radius 3 is 2.90 bits per heavy atom. The van der Waals surface area contributed by atoms with Crippen molar-refractivity contribution in [2.75, 3.05) is 30.3 Å². The lowest BCUT2D eigenvalue weighted by atomic mass is 9.97. The summed E-state index contributed by atoms with van der Waals surface area (Å²) in [7, 11) is 0. The number of rotatable bonds is 7. The Labute approximate surface area is 128 Å². The van der Waals surface area contributed by atoms with E-state index in [-0.39, 0.29) is 0 Å². The predicted molar refractivity (Wildman–Crippen MR) is 84.9 cm³/mol. The summed E-state index contributed by atoms with van der Waals surface area (Å²) in [5, 5.41) is 15.9. The highest BCUT2D eigenvalue weighted by Crippen LogP contribution is 2.32. The monoisotopic (exact) mass is 342 g/mol. The van der Waals surface area contributed by atoms with E-state index in [9.17, 15) is 5.11 Å². The van der Waals surface area contributed by atoms with Gasteiger partial charge in [0, 0.05) is 25.9 Å². The molecule has 0 spiro atoms. The smallest absolute Gasteiger partial charge is 0.224 e. The molecule has 0 amide bonds.